The van der Waals surface area contributed by atoms with Crippen molar-refractivity contribution < 1.29 is 9.90 Å². The van der Waals surface area contributed by atoms with Gasteiger partial charge in [-0.25, -0.2) is 14.5 Å². The lowest BCUT2D eigenvalue weighted by atomic mass is 10.1. The summed E-state index contributed by atoms with van der Waals surface area (Å²) in [6, 6.07) is 21.2. The molecule has 0 bridgehead atoms. The highest BCUT2D eigenvalue weighted by Gasteiger charge is 2.20. The third-order valence-electron chi connectivity index (χ3n) is 7.06. The number of benzene rings is 3. The summed E-state index contributed by atoms with van der Waals surface area (Å²) >= 11 is 6.19. The van der Waals surface area contributed by atoms with E-state index in [1.54, 1.807) is 21.6 Å². The first-order valence-corrected chi connectivity index (χ1v) is 12.9. The number of halogens is 1. The number of rotatable bonds is 6. The summed E-state index contributed by atoms with van der Waals surface area (Å²) in [6.07, 6.45) is 4.56. The molecule has 1 aliphatic rings. The van der Waals surface area contributed by atoms with Crippen LogP contribution in [0.5, 0.6) is 0 Å². The molecule has 0 spiro atoms. The van der Waals surface area contributed by atoms with Crippen LogP contribution in [-0.2, 0) is 6.54 Å². The second kappa shape index (κ2) is 10.3. The Labute approximate surface area is 229 Å². The first-order chi connectivity index (χ1) is 19.0. The van der Waals surface area contributed by atoms with Crippen molar-refractivity contribution in [2.24, 2.45) is 0 Å². The lowest BCUT2D eigenvalue weighted by Gasteiger charge is -2.37. The van der Waals surface area contributed by atoms with Crippen molar-refractivity contribution in [1.82, 2.24) is 19.3 Å². The number of aromatic nitrogens is 4. The number of carboxylic acid groups (broad SMARTS) is 1. The van der Waals surface area contributed by atoms with E-state index in [1.807, 2.05) is 54.6 Å². The Balaban J connectivity index is 1.33. The zero-order chi connectivity index (χ0) is 26.9. The Bertz CT molecular complexity index is 1710. The topological polar surface area (TPSA) is 96.5 Å². The molecule has 0 aliphatic carbocycles. The highest BCUT2D eigenvalue weighted by Crippen LogP contribution is 2.27. The standard InChI is InChI=1S/C29H25ClN6O3/c30-21-2-1-3-23(14-21)33-10-12-34(13-11-33)24-8-9-25-27(15-24)36(17-26(28(25)37)29(38)39)22-6-4-20(5-7-22)16-35-19-31-18-32-35/h1-9,14-15,17-19H,10-13,16H2,(H,38,39). The highest BCUT2D eigenvalue weighted by atomic mass is 35.5. The van der Waals surface area contributed by atoms with Gasteiger partial charge < -0.3 is 19.5 Å². The maximum Gasteiger partial charge on any atom is 0.341 e. The fourth-order valence-electron chi connectivity index (χ4n) is 5.04. The van der Waals surface area contributed by atoms with Crippen molar-refractivity contribution in [3.05, 3.63) is 112 Å². The minimum atomic E-state index is -1.25. The van der Waals surface area contributed by atoms with E-state index in [9.17, 15) is 14.7 Å². The van der Waals surface area contributed by atoms with Crippen LogP contribution in [0.2, 0.25) is 5.02 Å². The van der Waals surface area contributed by atoms with Crippen LogP contribution < -0.4 is 15.2 Å². The van der Waals surface area contributed by atoms with E-state index >= 15 is 0 Å². The number of nitrogens with zero attached hydrogens (tertiary/aromatic N) is 6. The van der Waals surface area contributed by atoms with E-state index in [4.69, 9.17) is 11.6 Å². The van der Waals surface area contributed by atoms with Gasteiger partial charge in [-0.15, -0.1) is 0 Å². The van der Waals surface area contributed by atoms with E-state index in [-0.39, 0.29) is 5.56 Å². The molecule has 1 fully saturated rings. The molecule has 2 aromatic heterocycles. The number of pyridine rings is 1. The third-order valence-corrected chi connectivity index (χ3v) is 7.30. The molecular formula is C29H25ClN6O3. The predicted octanol–water partition coefficient (Wildman–Crippen LogP) is 4.31. The average Bonchev–Trinajstić information content (AvgIpc) is 3.47. The van der Waals surface area contributed by atoms with Gasteiger partial charge in [0.25, 0.3) is 0 Å². The van der Waals surface area contributed by atoms with Crippen molar-refractivity contribution in [2.45, 2.75) is 6.54 Å². The zero-order valence-corrected chi connectivity index (χ0v) is 21.7. The molecule has 1 saturated heterocycles. The van der Waals surface area contributed by atoms with Crippen molar-refractivity contribution in [3.63, 3.8) is 0 Å². The van der Waals surface area contributed by atoms with Crippen molar-refractivity contribution >= 4 is 39.8 Å². The predicted molar refractivity (Wildman–Crippen MR) is 152 cm³/mol. The van der Waals surface area contributed by atoms with Crippen LogP contribution in [0.3, 0.4) is 0 Å². The molecule has 196 valence electrons. The Morgan fingerprint density at radius 2 is 1.59 bits per heavy atom. The van der Waals surface area contributed by atoms with Crippen molar-refractivity contribution in [3.8, 4) is 5.69 Å². The molecule has 5 aromatic rings. The number of carbonyl (C=O) groups is 1. The van der Waals surface area contributed by atoms with Gasteiger partial charge in [0.05, 0.1) is 12.1 Å². The molecule has 1 N–H and O–H groups in total. The fraction of sp³-hybridized carbons (Fsp3) is 0.172. The molecule has 39 heavy (non-hydrogen) atoms. The zero-order valence-electron chi connectivity index (χ0n) is 20.9. The van der Waals surface area contributed by atoms with Crippen LogP contribution in [-0.4, -0.2) is 56.6 Å². The molecule has 0 radical (unpaired) electrons. The number of piperazine rings is 1. The lowest BCUT2D eigenvalue weighted by molar-refractivity contribution is 0.0695. The van der Waals surface area contributed by atoms with Gasteiger partial charge in [-0.05, 0) is 54.1 Å². The molecule has 0 atom stereocenters. The summed E-state index contributed by atoms with van der Waals surface area (Å²) in [6.45, 7) is 3.82. The van der Waals surface area contributed by atoms with E-state index in [2.05, 4.69) is 25.9 Å². The second-order valence-electron chi connectivity index (χ2n) is 9.46. The molecule has 6 rings (SSSR count). The quantitative estimate of drug-likeness (QED) is 0.343. The van der Waals surface area contributed by atoms with Crippen LogP contribution >= 0.6 is 11.6 Å². The summed E-state index contributed by atoms with van der Waals surface area (Å²) in [7, 11) is 0. The van der Waals surface area contributed by atoms with Crippen molar-refractivity contribution in [1.29, 1.82) is 0 Å². The van der Waals surface area contributed by atoms with Crippen LogP contribution in [0.25, 0.3) is 16.6 Å². The van der Waals surface area contributed by atoms with E-state index < -0.39 is 11.4 Å². The van der Waals surface area contributed by atoms with Gasteiger partial charge in [0.1, 0.15) is 18.2 Å². The molecule has 1 aliphatic heterocycles. The van der Waals surface area contributed by atoms with Gasteiger partial charge in [0.15, 0.2) is 0 Å². The largest absolute Gasteiger partial charge is 0.477 e. The SMILES string of the molecule is O=C(O)c1cn(-c2ccc(Cn3cncn3)cc2)c2cc(N3CCN(c4cccc(Cl)c4)CC3)ccc2c1=O. The van der Waals surface area contributed by atoms with Gasteiger partial charge in [-0.2, -0.15) is 5.10 Å². The maximum atomic E-state index is 13.1. The van der Waals surface area contributed by atoms with Crippen LogP contribution in [0.4, 0.5) is 11.4 Å². The second-order valence-corrected chi connectivity index (χ2v) is 9.90. The monoisotopic (exact) mass is 540 g/mol. The third kappa shape index (κ3) is 4.96. The molecular weight excluding hydrogens is 516 g/mol. The van der Waals surface area contributed by atoms with E-state index in [0.29, 0.717) is 17.4 Å². The number of hydrogen-bond donors (Lipinski definition) is 1. The van der Waals surface area contributed by atoms with Gasteiger partial charge in [0.2, 0.25) is 5.43 Å². The summed E-state index contributed by atoms with van der Waals surface area (Å²) in [5, 5.41) is 14.9. The summed E-state index contributed by atoms with van der Waals surface area (Å²) in [4.78, 5) is 33.5. The maximum absolute atomic E-state index is 13.1. The smallest absolute Gasteiger partial charge is 0.341 e. The van der Waals surface area contributed by atoms with E-state index in [1.165, 1.54) is 12.5 Å². The first-order valence-electron chi connectivity index (χ1n) is 12.6. The van der Waals surface area contributed by atoms with Gasteiger partial charge in [-0.1, -0.05) is 29.8 Å². The number of aromatic carboxylic acids is 1. The van der Waals surface area contributed by atoms with Crippen molar-refractivity contribution in [2.75, 3.05) is 36.0 Å². The summed E-state index contributed by atoms with van der Waals surface area (Å²) in [5.41, 5.74) is 3.75. The Kier molecular flexibility index (Phi) is 6.50. The Hall–Kier alpha value is -4.63. The molecule has 0 amide bonds. The summed E-state index contributed by atoms with van der Waals surface area (Å²) in [5.74, 6) is -1.25. The van der Waals surface area contributed by atoms with E-state index in [0.717, 1.165) is 53.8 Å². The number of hydrogen-bond acceptors (Lipinski definition) is 6. The first kappa shape index (κ1) is 24.7. The fourth-order valence-corrected chi connectivity index (χ4v) is 5.22. The Morgan fingerprint density at radius 1 is 0.897 bits per heavy atom. The van der Waals surface area contributed by atoms with Gasteiger partial charge in [0, 0.05) is 59.8 Å². The minimum Gasteiger partial charge on any atom is -0.477 e. The van der Waals surface area contributed by atoms with Gasteiger partial charge in [-0.3, -0.25) is 4.79 Å². The molecule has 3 aromatic carbocycles. The molecule has 0 saturated carbocycles. The van der Waals surface area contributed by atoms with Crippen LogP contribution in [0, 0.1) is 0 Å². The van der Waals surface area contributed by atoms with Crippen LogP contribution in [0.1, 0.15) is 15.9 Å². The number of fused-ring (bicyclic) bond motifs is 1. The molecule has 9 nitrogen and oxygen atoms in total. The molecule has 3 heterocycles. The van der Waals surface area contributed by atoms with Crippen LogP contribution in [0.15, 0.2) is 90.4 Å². The average molecular weight is 541 g/mol. The minimum absolute atomic E-state index is 0.267. The normalized spacial score (nSPS) is 13.7. The number of carboxylic acids is 1. The Morgan fingerprint density at radius 3 is 2.23 bits per heavy atom. The molecule has 10 heteroatoms. The number of anilines is 2. The van der Waals surface area contributed by atoms with Gasteiger partial charge >= 0.3 is 5.97 Å². The molecule has 0 unspecified atom stereocenters. The highest BCUT2D eigenvalue weighted by molar-refractivity contribution is 6.30. The lowest BCUT2D eigenvalue weighted by Crippen LogP contribution is -2.46. The summed E-state index contributed by atoms with van der Waals surface area (Å²) < 4.78 is 3.51.